The molecule has 0 aromatic rings. The lowest BCUT2D eigenvalue weighted by Crippen LogP contribution is -1.98. The maximum atomic E-state index is 11.4. The Bertz CT molecular complexity index is 164. The van der Waals surface area contributed by atoms with Gasteiger partial charge in [-0.15, -0.1) is 0 Å². The van der Waals surface area contributed by atoms with Gasteiger partial charge in [0.1, 0.15) is 0 Å². The predicted molar refractivity (Wildman–Crippen MR) is 34.8 cm³/mol. The first kappa shape index (κ1) is 10.3. The standard InChI is InChI=1S/C5H5F3O2S/c1-10-4(9)2-3-11-5(6,7)8/h2-3H,1H3/b3-2+. The topological polar surface area (TPSA) is 26.3 Å². The van der Waals surface area contributed by atoms with E-state index >= 15 is 0 Å². The Morgan fingerprint density at radius 1 is 1.55 bits per heavy atom. The second kappa shape index (κ2) is 4.27. The number of esters is 1. The van der Waals surface area contributed by atoms with Crippen LogP contribution in [-0.2, 0) is 9.53 Å². The van der Waals surface area contributed by atoms with E-state index in [4.69, 9.17) is 0 Å². The second-order valence-electron chi connectivity index (χ2n) is 1.39. The molecule has 0 aromatic carbocycles. The summed E-state index contributed by atoms with van der Waals surface area (Å²) in [7, 11) is 1.09. The number of halogens is 3. The molecule has 11 heavy (non-hydrogen) atoms. The highest BCUT2D eigenvalue weighted by molar-refractivity contribution is 8.02. The van der Waals surface area contributed by atoms with Crippen molar-refractivity contribution in [2.45, 2.75) is 5.51 Å². The molecule has 6 heteroatoms. The van der Waals surface area contributed by atoms with E-state index in [0.717, 1.165) is 7.11 Å². The second-order valence-corrected chi connectivity index (χ2v) is 2.36. The van der Waals surface area contributed by atoms with Crippen molar-refractivity contribution in [1.29, 1.82) is 0 Å². The highest BCUT2D eigenvalue weighted by atomic mass is 32.2. The van der Waals surface area contributed by atoms with Crippen LogP contribution in [0.4, 0.5) is 13.2 Å². The summed E-state index contributed by atoms with van der Waals surface area (Å²) in [5.74, 6) is -0.804. The Morgan fingerprint density at radius 3 is 2.45 bits per heavy atom. The maximum Gasteiger partial charge on any atom is 0.445 e. The zero-order chi connectivity index (χ0) is 8.91. The van der Waals surface area contributed by atoms with E-state index in [-0.39, 0.29) is 0 Å². The summed E-state index contributed by atoms with van der Waals surface area (Å²) in [5.41, 5.74) is -4.34. The number of ether oxygens (including phenoxy) is 1. The fourth-order valence-corrected chi connectivity index (χ4v) is 0.568. The van der Waals surface area contributed by atoms with Crippen LogP contribution < -0.4 is 0 Å². The minimum Gasteiger partial charge on any atom is -0.466 e. The molecule has 0 unspecified atom stereocenters. The fraction of sp³-hybridized carbons (Fsp3) is 0.400. The molecule has 0 heterocycles. The van der Waals surface area contributed by atoms with Gasteiger partial charge in [0.25, 0.3) is 0 Å². The van der Waals surface area contributed by atoms with Gasteiger partial charge in [-0.3, -0.25) is 0 Å². The van der Waals surface area contributed by atoms with E-state index in [0.29, 0.717) is 11.5 Å². The molecule has 0 aliphatic rings. The van der Waals surface area contributed by atoms with Crippen molar-refractivity contribution >= 4 is 17.7 Å². The molecule has 64 valence electrons. The monoisotopic (exact) mass is 186 g/mol. The Balaban J connectivity index is 3.70. The number of methoxy groups -OCH3 is 1. The summed E-state index contributed by atoms with van der Waals surface area (Å²) in [6, 6.07) is 0. The first-order valence-electron chi connectivity index (χ1n) is 2.45. The summed E-state index contributed by atoms with van der Waals surface area (Å²) >= 11 is -0.404. The molecule has 0 aliphatic carbocycles. The quantitative estimate of drug-likeness (QED) is 0.487. The van der Waals surface area contributed by atoms with Gasteiger partial charge in [-0.25, -0.2) is 4.79 Å². The van der Waals surface area contributed by atoms with Crippen molar-refractivity contribution in [3.63, 3.8) is 0 Å². The summed E-state index contributed by atoms with van der Waals surface area (Å²) in [6.45, 7) is 0. The zero-order valence-electron chi connectivity index (χ0n) is 5.51. The highest BCUT2D eigenvalue weighted by Gasteiger charge is 2.26. The van der Waals surface area contributed by atoms with Crippen molar-refractivity contribution in [3.8, 4) is 0 Å². The number of hydrogen-bond donors (Lipinski definition) is 0. The fourth-order valence-electron chi connectivity index (χ4n) is 0.235. The SMILES string of the molecule is COC(=O)/C=C/SC(F)(F)F. The number of hydrogen-bond acceptors (Lipinski definition) is 3. The molecule has 0 aromatic heterocycles. The molecule has 2 nitrogen and oxygen atoms in total. The number of alkyl halides is 3. The molecule has 0 rings (SSSR count). The van der Waals surface area contributed by atoms with Crippen molar-refractivity contribution in [3.05, 3.63) is 11.5 Å². The van der Waals surface area contributed by atoms with Gasteiger partial charge in [0, 0.05) is 6.08 Å². The summed E-state index contributed by atoms with van der Waals surface area (Å²) in [5, 5.41) is 0.631. The van der Waals surface area contributed by atoms with Crippen molar-refractivity contribution in [2.75, 3.05) is 7.11 Å². The van der Waals surface area contributed by atoms with Gasteiger partial charge in [0.05, 0.1) is 7.11 Å². The van der Waals surface area contributed by atoms with Gasteiger partial charge < -0.3 is 4.74 Å². The van der Waals surface area contributed by atoms with Crippen molar-refractivity contribution in [2.24, 2.45) is 0 Å². The van der Waals surface area contributed by atoms with Gasteiger partial charge in [-0.1, -0.05) is 0 Å². The van der Waals surface area contributed by atoms with Crippen LogP contribution in [0.25, 0.3) is 0 Å². The molecule has 0 atom stereocenters. The van der Waals surface area contributed by atoms with Crippen LogP contribution in [-0.4, -0.2) is 18.6 Å². The summed E-state index contributed by atoms with van der Waals surface area (Å²) < 4.78 is 38.2. The van der Waals surface area contributed by atoms with E-state index in [1.165, 1.54) is 0 Å². The number of thioether (sulfide) groups is 1. The Labute approximate surface area is 65.4 Å². The van der Waals surface area contributed by atoms with Crippen LogP contribution in [0, 0.1) is 0 Å². The third-order valence-corrected chi connectivity index (χ3v) is 1.15. The molecule has 0 radical (unpaired) electrons. The van der Waals surface area contributed by atoms with E-state index in [9.17, 15) is 18.0 Å². The van der Waals surface area contributed by atoms with Gasteiger partial charge in [0.2, 0.25) is 0 Å². The lowest BCUT2D eigenvalue weighted by atomic mass is 10.7. The molecule has 0 spiro atoms. The Morgan fingerprint density at radius 2 is 2.09 bits per heavy atom. The van der Waals surface area contributed by atoms with E-state index in [1.54, 1.807) is 0 Å². The molecular formula is C5H5F3O2S. The Hall–Kier alpha value is -0.650. The number of carbonyl (C=O) groups excluding carboxylic acids is 1. The predicted octanol–water partition coefficient (Wildman–Crippen LogP) is 1.93. The third-order valence-electron chi connectivity index (χ3n) is 0.607. The van der Waals surface area contributed by atoms with E-state index in [2.05, 4.69) is 4.74 Å². The van der Waals surface area contributed by atoms with Crippen LogP contribution in [0.2, 0.25) is 0 Å². The summed E-state index contributed by atoms with van der Waals surface area (Å²) in [4.78, 5) is 10.2. The first-order valence-corrected chi connectivity index (χ1v) is 3.32. The van der Waals surface area contributed by atoms with E-state index in [1.807, 2.05) is 0 Å². The van der Waals surface area contributed by atoms with Gasteiger partial charge in [0.15, 0.2) is 0 Å². The molecule has 0 N–H and O–H groups in total. The molecule has 0 amide bonds. The highest BCUT2D eigenvalue weighted by Crippen LogP contribution is 2.30. The lowest BCUT2D eigenvalue weighted by Gasteiger charge is -1.98. The average molecular weight is 186 g/mol. The molecule has 0 bridgehead atoms. The molecule has 0 saturated carbocycles. The van der Waals surface area contributed by atoms with Crippen LogP contribution in [0.1, 0.15) is 0 Å². The number of carbonyl (C=O) groups is 1. The van der Waals surface area contributed by atoms with Gasteiger partial charge >= 0.3 is 11.5 Å². The van der Waals surface area contributed by atoms with Crippen LogP contribution in [0.15, 0.2) is 11.5 Å². The van der Waals surface area contributed by atoms with Crippen molar-refractivity contribution < 1.29 is 22.7 Å². The van der Waals surface area contributed by atoms with Gasteiger partial charge in [-0.2, -0.15) is 13.2 Å². The maximum absolute atomic E-state index is 11.4. The minimum absolute atomic E-state index is 0.404. The van der Waals surface area contributed by atoms with Crippen molar-refractivity contribution in [1.82, 2.24) is 0 Å². The number of rotatable bonds is 2. The molecular weight excluding hydrogens is 181 g/mol. The molecule has 0 saturated heterocycles. The minimum atomic E-state index is -4.34. The normalized spacial score (nSPS) is 12.0. The molecule has 0 aliphatic heterocycles. The van der Waals surface area contributed by atoms with Crippen LogP contribution in [0.5, 0.6) is 0 Å². The zero-order valence-corrected chi connectivity index (χ0v) is 6.33. The lowest BCUT2D eigenvalue weighted by molar-refractivity contribution is -0.134. The Kier molecular flexibility index (Phi) is 4.02. The van der Waals surface area contributed by atoms with Crippen LogP contribution in [0.3, 0.4) is 0 Å². The smallest absolute Gasteiger partial charge is 0.445 e. The first-order chi connectivity index (χ1) is 4.95. The average Bonchev–Trinajstić information content (AvgIpc) is 1.85. The van der Waals surface area contributed by atoms with Crippen LogP contribution >= 0.6 is 11.8 Å². The largest absolute Gasteiger partial charge is 0.466 e. The van der Waals surface area contributed by atoms with Gasteiger partial charge in [-0.05, 0) is 17.2 Å². The third kappa shape index (κ3) is 7.24. The van der Waals surface area contributed by atoms with E-state index < -0.39 is 23.2 Å². The molecule has 0 fully saturated rings. The summed E-state index contributed by atoms with van der Waals surface area (Å²) in [6.07, 6.45) is 0.707.